The van der Waals surface area contributed by atoms with Crippen LogP contribution in [0.1, 0.15) is 26.2 Å². The molecule has 0 rings (SSSR count). The number of unbranched alkanes of at least 4 members (excludes halogenated alkanes) is 1. The minimum atomic E-state index is 0.0961. The SMILES string of the molecule is CCCCC(=O)NCCOCCOCCOCCOCCNC. The average Bonchev–Trinajstić information content (AvgIpc) is 2.56. The largest absolute Gasteiger partial charge is 0.378 e. The zero-order valence-electron chi connectivity index (χ0n) is 14.7. The van der Waals surface area contributed by atoms with E-state index in [0.717, 1.165) is 19.4 Å². The van der Waals surface area contributed by atoms with Crippen molar-refractivity contribution in [3.05, 3.63) is 0 Å². The molecule has 23 heavy (non-hydrogen) atoms. The number of ether oxygens (including phenoxy) is 4. The van der Waals surface area contributed by atoms with Crippen LogP contribution in [0.15, 0.2) is 0 Å². The van der Waals surface area contributed by atoms with Crippen LogP contribution in [0.4, 0.5) is 0 Å². The molecule has 7 heteroatoms. The highest BCUT2D eigenvalue weighted by molar-refractivity contribution is 5.75. The zero-order chi connectivity index (χ0) is 17.0. The number of rotatable bonds is 18. The maximum atomic E-state index is 11.3. The van der Waals surface area contributed by atoms with E-state index < -0.39 is 0 Å². The van der Waals surface area contributed by atoms with Gasteiger partial charge in [0.05, 0.1) is 52.9 Å². The summed E-state index contributed by atoms with van der Waals surface area (Å²) in [6.45, 7) is 8.05. The molecular weight excluding hydrogens is 300 g/mol. The Morgan fingerprint density at radius 2 is 1.26 bits per heavy atom. The maximum Gasteiger partial charge on any atom is 0.220 e. The lowest BCUT2D eigenvalue weighted by molar-refractivity contribution is -0.121. The highest BCUT2D eigenvalue weighted by Gasteiger charge is 1.98. The third-order valence-corrected chi connectivity index (χ3v) is 2.94. The van der Waals surface area contributed by atoms with Crippen molar-refractivity contribution in [2.45, 2.75) is 26.2 Å². The van der Waals surface area contributed by atoms with E-state index in [1.54, 1.807) is 0 Å². The maximum absolute atomic E-state index is 11.3. The summed E-state index contributed by atoms with van der Waals surface area (Å²) in [5.41, 5.74) is 0. The smallest absolute Gasteiger partial charge is 0.220 e. The molecule has 0 unspecified atom stereocenters. The van der Waals surface area contributed by atoms with Gasteiger partial charge in [-0.25, -0.2) is 0 Å². The van der Waals surface area contributed by atoms with Crippen molar-refractivity contribution in [3.8, 4) is 0 Å². The Labute approximate surface area is 140 Å². The van der Waals surface area contributed by atoms with Crippen LogP contribution in [0, 0.1) is 0 Å². The lowest BCUT2D eigenvalue weighted by atomic mass is 10.2. The van der Waals surface area contributed by atoms with Crippen molar-refractivity contribution in [3.63, 3.8) is 0 Å². The molecular formula is C16H34N2O5. The van der Waals surface area contributed by atoms with Crippen molar-refractivity contribution in [2.24, 2.45) is 0 Å². The third-order valence-electron chi connectivity index (χ3n) is 2.94. The number of hydrogen-bond donors (Lipinski definition) is 2. The molecule has 0 atom stereocenters. The molecule has 1 amide bonds. The fourth-order valence-corrected chi connectivity index (χ4v) is 1.62. The monoisotopic (exact) mass is 334 g/mol. The molecule has 2 N–H and O–H groups in total. The van der Waals surface area contributed by atoms with Gasteiger partial charge in [-0.15, -0.1) is 0 Å². The standard InChI is InChI=1S/C16H34N2O5/c1-3-4-5-16(19)18-7-9-21-11-13-23-15-14-22-12-10-20-8-6-17-2/h17H,3-15H2,1-2H3,(H,18,19). The lowest BCUT2D eigenvalue weighted by Crippen LogP contribution is -2.27. The molecule has 7 nitrogen and oxygen atoms in total. The lowest BCUT2D eigenvalue weighted by Gasteiger charge is -2.08. The minimum absolute atomic E-state index is 0.0961. The minimum Gasteiger partial charge on any atom is -0.378 e. The number of amides is 1. The van der Waals surface area contributed by atoms with Gasteiger partial charge in [0.1, 0.15) is 0 Å². The van der Waals surface area contributed by atoms with E-state index in [9.17, 15) is 4.79 Å². The van der Waals surface area contributed by atoms with E-state index in [1.807, 2.05) is 7.05 Å². The molecule has 0 saturated carbocycles. The second-order valence-corrected chi connectivity index (χ2v) is 5.01. The second-order valence-electron chi connectivity index (χ2n) is 5.01. The summed E-state index contributed by atoms with van der Waals surface area (Å²) in [4.78, 5) is 11.3. The van der Waals surface area contributed by atoms with Gasteiger partial charge < -0.3 is 29.6 Å². The van der Waals surface area contributed by atoms with Gasteiger partial charge in [-0.1, -0.05) is 13.3 Å². The molecule has 0 bridgehead atoms. The van der Waals surface area contributed by atoms with E-state index in [2.05, 4.69) is 17.6 Å². The zero-order valence-corrected chi connectivity index (χ0v) is 14.7. The molecule has 0 aromatic carbocycles. The Hall–Kier alpha value is -0.730. The molecule has 0 spiro atoms. The molecule has 0 aromatic heterocycles. The molecule has 0 radical (unpaired) electrons. The fourth-order valence-electron chi connectivity index (χ4n) is 1.62. The summed E-state index contributed by atoms with van der Waals surface area (Å²) in [6.07, 6.45) is 2.57. The Kier molecular flexibility index (Phi) is 18.7. The van der Waals surface area contributed by atoms with Crippen LogP contribution in [0.2, 0.25) is 0 Å². The van der Waals surface area contributed by atoms with E-state index in [-0.39, 0.29) is 5.91 Å². The molecule has 0 heterocycles. The van der Waals surface area contributed by atoms with Crippen LogP contribution >= 0.6 is 0 Å². The van der Waals surface area contributed by atoms with Crippen molar-refractivity contribution in [1.29, 1.82) is 0 Å². The normalized spacial score (nSPS) is 10.9. The summed E-state index contributed by atoms with van der Waals surface area (Å²) < 4.78 is 21.4. The van der Waals surface area contributed by atoms with Gasteiger partial charge in [-0.05, 0) is 13.5 Å². The number of likely N-dealkylation sites (N-methyl/N-ethyl adjacent to an activating group) is 1. The van der Waals surface area contributed by atoms with Crippen LogP contribution in [0.5, 0.6) is 0 Å². The summed E-state index contributed by atoms with van der Waals surface area (Å²) in [5.74, 6) is 0.0961. The Morgan fingerprint density at radius 1 is 0.783 bits per heavy atom. The van der Waals surface area contributed by atoms with Crippen LogP contribution in [0.25, 0.3) is 0 Å². The van der Waals surface area contributed by atoms with E-state index in [0.29, 0.717) is 65.8 Å². The van der Waals surface area contributed by atoms with E-state index >= 15 is 0 Å². The van der Waals surface area contributed by atoms with Crippen molar-refractivity contribution < 1.29 is 23.7 Å². The van der Waals surface area contributed by atoms with Crippen molar-refractivity contribution in [1.82, 2.24) is 10.6 Å². The highest BCUT2D eigenvalue weighted by atomic mass is 16.6. The summed E-state index contributed by atoms with van der Waals surface area (Å²) in [5, 5.41) is 5.83. The quantitative estimate of drug-likeness (QED) is 0.357. The second kappa shape index (κ2) is 19.3. The van der Waals surface area contributed by atoms with Gasteiger partial charge in [0.2, 0.25) is 5.91 Å². The van der Waals surface area contributed by atoms with E-state index in [1.165, 1.54) is 0 Å². The van der Waals surface area contributed by atoms with E-state index in [4.69, 9.17) is 18.9 Å². The molecule has 0 aliphatic rings. The molecule has 138 valence electrons. The van der Waals surface area contributed by atoms with Gasteiger partial charge in [0.25, 0.3) is 0 Å². The van der Waals surface area contributed by atoms with Gasteiger partial charge in [0.15, 0.2) is 0 Å². The summed E-state index contributed by atoms with van der Waals surface area (Å²) in [6, 6.07) is 0. The predicted molar refractivity (Wildman–Crippen MR) is 89.7 cm³/mol. The van der Waals surface area contributed by atoms with Gasteiger partial charge in [-0.3, -0.25) is 4.79 Å². The Balaban J connectivity index is 3.04. The molecule has 0 aliphatic carbocycles. The first-order valence-electron chi connectivity index (χ1n) is 8.53. The average molecular weight is 334 g/mol. The molecule has 0 fully saturated rings. The summed E-state index contributed by atoms with van der Waals surface area (Å²) in [7, 11) is 1.89. The number of carbonyl (C=O) groups is 1. The predicted octanol–water partition coefficient (Wildman–Crippen LogP) is 0.579. The number of nitrogens with one attached hydrogen (secondary N) is 2. The topological polar surface area (TPSA) is 78.1 Å². The van der Waals surface area contributed by atoms with Gasteiger partial charge in [0, 0.05) is 19.5 Å². The fraction of sp³-hybridized carbons (Fsp3) is 0.938. The van der Waals surface area contributed by atoms with Crippen LogP contribution in [-0.4, -0.2) is 78.9 Å². The third kappa shape index (κ3) is 19.2. The molecule has 0 saturated heterocycles. The molecule has 0 aliphatic heterocycles. The van der Waals surface area contributed by atoms with Crippen LogP contribution in [-0.2, 0) is 23.7 Å². The first-order valence-corrected chi connectivity index (χ1v) is 8.53. The first kappa shape index (κ1) is 22.3. The number of carbonyl (C=O) groups excluding carboxylic acids is 1. The molecule has 0 aromatic rings. The van der Waals surface area contributed by atoms with Crippen molar-refractivity contribution >= 4 is 5.91 Å². The number of hydrogen-bond acceptors (Lipinski definition) is 6. The van der Waals surface area contributed by atoms with Crippen LogP contribution < -0.4 is 10.6 Å². The first-order chi connectivity index (χ1) is 11.3. The Bertz CT molecular complexity index is 255. The Morgan fingerprint density at radius 3 is 1.74 bits per heavy atom. The van der Waals surface area contributed by atoms with Gasteiger partial charge in [-0.2, -0.15) is 0 Å². The van der Waals surface area contributed by atoms with Crippen molar-refractivity contribution in [2.75, 3.05) is 73.0 Å². The summed E-state index contributed by atoms with van der Waals surface area (Å²) >= 11 is 0. The van der Waals surface area contributed by atoms with Gasteiger partial charge >= 0.3 is 0 Å². The highest BCUT2D eigenvalue weighted by Crippen LogP contribution is 1.92. The van der Waals surface area contributed by atoms with Crippen LogP contribution in [0.3, 0.4) is 0 Å².